The molecule has 5 heteroatoms. The first kappa shape index (κ1) is 12.5. The Balaban J connectivity index is 1.49. The third-order valence-corrected chi connectivity index (χ3v) is 5.23. The molecule has 3 aliphatic heterocycles. The Kier molecular flexibility index (Phi) is 3.08. The number of likely N-dealkylation sites (tertiary alicyclic amines) is 1. The fourth-order valence-electron chi connectivity index (χ4n) is 4.23. The van der Waals surface area contributed by atoms with E-state index in [2.05, 4.69) is 4.90 Å². The summed E-state index contributed by atoms with van der Waals surface area (Å²) >= 11 is 0. The van der Waals surface area contributed by atoms with Crippen molar-refractivity contribution in [1.29, 1.82) is 0 Å². The third kappa shape index (κ3) is 2.21. The molecule has 19 heavy (non-hydrogen) atoms. The highest BCUT2D eigenvalue weighted by Gasteiger charge is 2.48. The van der Waals surface area contributed by atoms with Crippen LogP contribution in [0.15, 0.2) is 0 Å². The van der Waals surface area contributed by atoms with Gasteiger partial charge < -0.3 is 19.9 Å². The van der Waals surface area contributed by atoms with E-state index < -0.39 is 0 Å². The van der Waals surface area contributed by atoms with Crippen LogP contribution in [0, 0.1) is 0 Å². The molecule has 4 fully saturated rings. The lowest BCUT2D eigenvalue weighted by Gasteiger charge is -2.47. The van der Waals surface area contributed by atoms with Crippen molar-refractivity contribution in [2.45, 2.75) is 62.2 Å². The van der Waals surface area contributed by atoms with Crippen LogP contribution < -0.4 is 5.73 Å². The number of hydrogen-bond acceptors (Lipinski definition) is 5. The van der Waals surface area contributed by atoms with Gasteiger partial charge in [-0.2, -0.15) is 0 Å². The SMILES string of the molecule is NC1CCC2(CC1N1CC3CCC(C1)O3)OCCO2. The summed E-state index contributed by atoms with van der Waals surface area (Å²) in [4.78, 5) is 2.54. The molecule has 5 nitrogen and oxygen atoms in total. The molecule has 4 aliphatic rings. The van der Waals surface area contributed by atoms with Crippen LogP contribution in [0.25, 0.3) is 0 Å². The van der Waals surface area contributed by atoms with Crippen molar-refractivity contribution in [2.75, 3.05) is 26.3 Å². The van der Waals surface area contributed by atoms with Gasteiger partial charge in [0.05, 0.1) is 25.4 Å². The van der Waals surface area contributed by atoms with Crippen LogP contribution in [-0.4, -0.2) is 61.3 Å². The molecule has 4 rings (SSSR count). The van der Waals surface area contributed by atoms with Crippen LogP contribution in [0.5, 0.6) is 0 Å². The van der Waals surface area contributed by atoms with E-state index in [-0.39, 0.29) is 11.8 Å². The topological polar surface area (TPSA) is 57.0 Å². The van der Waals surface area contributed by atoms with Crippen molar-refractivity contribution in [3.05, 3.63) is 0 Å². The normalized spacial score (nSPS) is 45.9. The van der Waals surface area contributed by atoms with Gasteiger partial charge in [0.1, 0.15) is 0 Å². The molecule has 2 N–H and O–H groups in total. The highest BCUT2D eigenvalue weighted by molar-refractivity contribution is 4.98. The van der Waals surface area contributed by atoms with Gasteiger partial charge in [0.25, 0.3) is 0 Å². The molecule has 108 valence electrons. The first-order valence-corrected chi connectivity index (χ1v) is 7.67. The number of nitrogens with zero attached hydrogens (tertiary/aromatic N) is 1. The molecule has 0 amide bonds. The van der Waals surface area contributed by atoms with Gasteiger partial charge in [-0.15, -0.1) is 0 Å². The molecule has 3 heterocycles. The van der Waals surface area contributed by atoms with Crippen molar-refractivity contribution in [3.63, 3.8) is 0 Å². The lowest BCUT2D eigenvalue weighted by Crippen LogP contribution is -2.59. The number of rotatable bonds is 1. The van der Waals surface area contributed by atoms with Crippen LogP contribution in [0.2, 0.25) is 0 Å². The van der Waals surface area contributed by atoms with E-state index in [0.29, 0.717) is 18.2 Å². The molecule has 0 aromatic rings. The van der Waals surface area contributed by atoms with Crippen LogP contribution in [-0.2, 0) is 14.2 Å². The van der Waals surface area contributed by atoms with Gasteiger partial charge in [-0.1, -0.05) is 0 Å². The van der Waals surface area contributed by atoms with E-state index in [9.17, 15) is 0 Å². The highest BCUT2D eigenvalue weighted by atomic mass is 16.7. The van der Waals surface area contributed by atoms with Crippen molar-refractivity contribution in [1.82, 2.24) is 4.90 Å². The molecular weight excluding hydrogens is 244 g/mol. The second-order valence-corrected chi connectivity index (χ2v) is 6.49. The second-order valence-electron chi connectivity index (χ2n) is 6.49. The summed E-state index contributed by atoms with van der Waals surface area (Å²) in [6, 6.07) is 0.634. The minimum atomic E-state index is -0.335. The quantitative estimate of drug-likeness (QED) is 0.749. The van der Waals surface area contributed by atoms with E-state index in [0.717, 1.165) is 45.6 Å². The number of hydrogen-bond donors (Lipinski definition) is 1. The van der Waals surface area contributed by atoms with Crippen molar-refractivity contribution in [2.24, 2.45) is 5.73 Å². The summed E-state index contributed by atoms with van der Waals surface area (Å²) in [6.07, 6.45) is 6.14. The Bertz CT molecular complexity index is 334. The minimum absolute atomic E-state index is 0.246. The van der Waals surface area contributed by atoms with Gasteiger partial charge in [-0.25, -0.2) is 0 Å². The zero-order valence-corrected chi connectivity index (χ0v) is 11.4. The number of nitrogens with two attached hydrogens (primary N) is 1. The Morgan fingerprint density at radius 3 is 2.37 bits per heavy atom. The Morgan fingerprint density at radius 1 is 1.00 bits per heavy atom. The fraction of sp³-hybridized carbons (Fsp3) is 1.00. The Labute approximate surface area is 114 Å². The number of morpholine rings is 1. The van der Waals surface area contributed by atoms with Gasteiger partial charge >= 0.3 is 0 Å². The standard InChI is InChI=1S/C14H24N2O3/c15-12-3-4-14(17-5-6-18-14)7-13(12)16-8-10-1-2-11(9-16)19-10/h10-13H,1-9,15H2. The molecule has 1 spiro atoms. The second kappa shape index (κ2) is 4.67. The molecule has 1 aliphatic carbocycles. The Morgan fingerprint density at radius 2 is 1.68 bits per heavy atom. The van der Waals surface area contributed by atoms with Crippen LogP contribution in [0.1, 0.15) is 32.1 Å². The summed E-state index contributed by atoms with van der Waals surface area (Å²) in [5.74, 6) is -0.335. The molecule has 0 aromatic carbocycles. The molecular formula is C14H24N2O3. The van der Waals surface area contributed by atoms with Crippen molar-refractivity contribution >= 4 is 0 Å². The van der Waals surface area contributed by atoms with Gasteiger partial charge in [-0.05, 0) is 19.3 Å². The molecule has 0 aromatic heterocycles. The average molecular weight is 268 g/mol. The zero-order valence-electron chi connectivity index (χ0n) is 11.4. The maximum absolute atomic E-state index is 6.38. The Hall–Kier alpha value is -0.200. The van der Waals surface area contributed by atoms with Gasteiger partial charge in [0, 0.05) is 38.0 Å². The van der Waals surface area contributed by atoms with Gasteiger partial charge in [0.2, 0.25) is 0 Å². The third-order valence-electron chi connectivity index (χ3n) is 5.23. The molecule has 2 bridgehead atoms. The fourth-order valence-corrected chi connectivity index (χ4v) is 4.23. The van der Waals surface area contributed by atoms with Crippen LogP contribution >= 0.6 is 0 Å². The monoisotopic (exact) mass is 268 g/mol. The molecule has 1 saturated carbocycles. The van der Waals surface area contributed by atoms with E-state index in [4.69, 9.17) is 19.9 Å². The average Bonchev–Trinajstić information content (AvgIpc) is 3.00. The summed E-state index contributed by atoms with van der Waals surface area (Å²) in [5, 5.41) is 0. The molecule has 3 saturated heterocycles. The maximum atomic E-state index is 6.38. The van der Waals surface area contributed by atoms with E-state index in [1.165, 1.54) is 12.8 Å². The lowest BCUT2D eigenvalue weighted by molar-refractivity contribution is -0.197. The van der Waals surface area contributed by atoms with Gasteiger partial charge in [-0.3, -0.25) is 4.90 Å². The molecule has 4 atom stereocenters. The number of ether oxygens (including phenoxy) is 3. The van der Waals surface area contributed by atoms with Crippen LogP contribution in [0.4, 0.5) is 0 Å². The molecule has 0 radical (unpaired) electrons. The first-order chi connectivity index (χ1) is 9.24. The largest absolute Gasteiger partial charge is 0.372 e. The summed E-state index contributed by atoms with van der Waals surface area (Å²) in [5.41, 5.74) is 6.38. The van der Waals surface area contributed by atoms with Gasteiger partial charge in [0.15, 0.2) is 5.79 Å². The maximum Gasteiger partial charge on any atom is 0.170 e. The predicted molar refractivity (Wildman–Crippen MR) is 69.7 cm³/mol. The van der Waals surface area contributed by atoms with Crippen LogP contribution in [0.3, 0.4) is 0 Å². The minimum Gasteiger partial charge on any atom is -0.372 e. The lowest BCUT2D eigenvalue weighted by atomic mass is 9.84. The molecule has 4 unspecified atom stereocenters. The van der Waals surface area contributed by atoms with E-state index in [1.54, 1.807) is 0 Å². The summed E-state index contributed by atoms with van der Waals surface area (Å²) < 4.78 is 17.7. The summed E-state index contributed by atoms with van der Waals surface area (Å²) in [6.45, 7) is 3.53. The van der Waals surface area contributed by atoms with Crippen molar-refractivity contribution in [3.8, 4) is 0 Å². The highest BCUT2D eigenvalue weighted by Crippen LogP contribution is 2.39. The van der Waals surface area contributed by atoms with Crippen molar-refractivity contribution < 1.29 is 14.2 Å². The van der Waals surface area contributed by atoms with E-state index in [1.807, 2.05) is 0 Å². The van der Waals surface area contributed by atoms with E-state index >= 15 is 0 Å². The summed E-state index contributed by atoms with van der Waals surface area (Å²) in [7, 11) is 0. The predicted octanol–water partition coefficient (Wildman–Crippen LogP) is 0.472. The smallest absolute Gasteiger partial charge is 0.170 e. The first-order valence-electron chi connectivity index (χ1n) is 7.67. The number of fused-ring (bicyclic) bond motifs is 2. The zero-order chi connectivity index (χ0) is 12.9.